The lowest BCUT2D eigenvalue weighted by molar-refractivity contribution is -0.129. The molecular formula is C44H58N2O12S. The number of esters is 1. The normalized spacial score (nSPS) is 12.6. The molecular weight excluding hydrogens is 781 g/mol. The van der Waals surface area contributed by atoms with Crippen molar-refractivity contribution in [1.82, 2.24) is 5.43 Å². The maximum absolute atomic E-state index is 13.4. The number of aryl methyl sites for hydroxylation is 1. The molecule has 15 heteroatoms. The number of hydrazone groups is 1. The summed E-state index contributed by atoms with van der Waals surface area (Å²) in [7, 11) is 3.17. The molecule has 59 heavy (non-hydrogen) atoms. The third kappa shape index (κ3) is 19.1. The molecule has 0 aromatic heterocycles. The molecule has 0 amide bonds. The van der Waals surface area contributed by atoms with Gasteiger partial charge >= 0.3 is 5.97 Å². The highest BCUT2D eigenvalue weighted by Gasteiger charge is 2.16. The SMILES string of the molecule is CC/C(C)=C(\N/N=C/c1cc(OCC(COCCCCOC=O)OC)ccc1OC(=O)c1ccc(OCC(COCCCCOC=O)OC)cc1)Sc1ccccc1C. The van der Waals surface area contributed by atoms with E-state index in [0.717, 1.165) is 46.7 Å². The van der Waals surface area contributed by atoms with Gasteiger partial charge in [-0.3, -0.25) is 15.0 Å². The summed E-state index contributed by atoms with van der Waals surface area (Å²) in [5, 5.41) is 5.47. The Kier molecular flexibility index (Phi) is 24.1. The van der Waals surface area contributed by atoms with Gasteiger partial charge in [-0.25, -0.2) is 4.79 Å². The van der Waals surface area contributed by atoms with Gasteiger partial charge in [0.15, 0.2) is 0 Å². The number of carbonyl (C=O) groups is 3. The first-order valence-corrected chi connectivity index (χ1v) is 20.4. The van der Waals surface area contributed by atoms with E-state index in [1.54, 1.807) is 74.7 Å². The van der Waals surface area contributed by atoms with Crippen LogP contribution in [0.1, 0.15) is 67.4 Å². The summed E-state index contributed by atoms with van der Waals surface area (Å²) < 4.78 is 49.7. The fourth-order valence-electron chi connectivity index (χ4n) is 5.02. The number of methoxy groups -OCH3 is 2. The van der Waals surface area contributed by atoms with Gasteiger partial charge in [-0.05, 0) is 106 Å². The Morgan fingerprint density at radius 2 is 1.34 bits per heavy atom. The summed E-state index contributed by atoms with van der Waals surface area (Å²) in [5.74, 6) is 0.775. The van der Waals surface area contributed by atoms with Crippen LogP contribution in [0.15, 0.2) is 87.3 Å². The van der Waals surface area contributed by atoms with Crippen molar-refractivity contribution in [2.24, 2.45) is 5.10 Å². The number of thioether (sulfide) groups is 1. The Morgan fingerprint density at radius 3 is 1.92 bits per heavy atom. The van der Waals surface area contributed by atoms with Gasteiger partial charge in [0.05, 0.1) is 43.2 Å². The van der Waals surface area contributed by atoms with E-state index >= 15 is 0 Å². The standard InChI is InChI=1S/C44H58N2O12S/c1-6-33(2)43(59-42-14-8-7-13-34(42)3)46-45-26-36-25-38(57-30-40(51-5)28-53-22-10-12-24-55-32-48)19-20-41(36)58-44(49)35-15-17-37(18-16-35)56-29-39(50-4)27-52-21-9-11-23-54-31-47/h7-8,13-20,25-26,31-32,39-40,46H,6,9-12,21-24,27-30H2,1-5H3/b43-33+,45-26+. The second-order valence-electron chi connectivity index (χ2n) is 13.1. The molecule has 1 N–H and O–H groups in total. The smallest absolute Gasteiger partial charge is 0.343 e. The lowest BCUT2D eigenvalue weighted by Gasteiger charge is -2.17. The van der Waals surface area contributed by atoms with E-state index in [1.165, 1.54) is 0 Å². The molecule has 0 saturated heterocycles. The molecule has 3 aromatic rings. The molecule has 0 fully saturated rings. The van der Waals surface area contributed by atoms with Crippen molar-refractivity contribution in [2.75, 3.05) is 67.1 Å². The molecule has 0 saturated carbocycles. The fraction of sp³-hybridized carbons (Fsp3) is 0.455. The van der Waals surface area contributed by atoms with E-state index in [2.05, 4.69) is 48.2 Å². The number of ether oxygens (including phenoxy) is 9. The summed E-state index contributed by atoms with van der Waals surface area (Å²) in [6.45, 7) is 9.92. The lowest BCUT2D eigenvalue weighted by Crippen LogP contribution is -2.26. The minimum atomic E-state index is -0.568. The van der Waals surface area contributed by atoms with Crippen molar-refractivity contribution in [3.8, 4) is 17.2 Å². The summed E-state index contributed by atoms with van der Waals surface area (Å²) in [6.07, 6.45) is 4.70. The Hall–Kier alpha value is -4.93. The van der Waals surface area contributed by atoms with Gasteiger partial charge in [-0.1, -0.05) is 36.9 Å². The zero-order chi connectivity index (χ0) is 42.5. The number of unbranched alkanes of at least 4 members (excludes halogenated alkanes) is 2. The van der Waals surface area contributed by atoms with Crippen LogP contribution < -0.4 is 19.6 Å². The van der Waals surface area contributed by atoms with Crippen molar-refractivity contribution in [3.63, 3.8) is 0 Å². The Bertz CT molecular complexity index is 1740. The molecule has 0 spiro atoms. The highest BCUT2D eigenvalue weighted by atomic mass is 32.2. The largest absolute Gasteiger partial charge is 0.491 e. The fourth-order valence-corrected chi connectivity index (χ4v) is 6.03. The number of rotatable bonds is 32. The molecule has 0 radical (unpaired) electrons. The van der Waals surface area contributed by atoms with Gasteiger partial charge in [0.25, 0.3) is 12.9 Å². The van der Waals surface area contributed by atoms with Crippen molar-refractivity contribution in [1.29, 1.82) is 0 Å². The second kappa shape index (κ2) is 29.3. The third-order valence-corrected chi connectivity index (χ3v) is 10.1. The van der Waals surface area contributed by atoms with Crippen LogP contribution in [0.4, 0.5) is 0 Å². The van der Waals surface area contributed by atoms with Crippen molar-refractivity contribution < 1.29 is 57.0 Å². The van der Waals surface area contributed by atoms with Gasteiger partial charge in [0.1, 0.15) is 42.7 Å². The molecule has 2 atom stereocenters. The Balaban J connectivity index is 1.69. The molecule has 0 bridgehead atoms. The minimum absolute atomic E-state index is 0.209. The van der Waals surface area contributed by atoms with Crippen LogP contribution in [-0.4, -0.2) is 104 Å². The quantitative estimate of drug-likeness (QED) is 0.0127. The predicted molar refractivity (Wildman–Crippen MR) is 225 cm³/mol. The summed E-state index contributed by atoms with van der Waals surface area (Å²) in [4.78, 5) is 35.1. The number of hydrogen-bond donors (Lipinski definition) is 1. The topological polar surface area (TPSA) is 159 Å². The number of nitrogens with one attached hydrogen (secondary N) is 1. The van der Waals surface area contributed by atoms with E-state index in [4.69, 9.17) is 37.9 Å². The second-order valence-corrected chi connectivity index (χ2v) is 14.2. The monoisotopic (exact) mass is 838 g/mol. The first-order valence-electron chi connectivity index (χ1n) is 19.6. The zero-order valence-corrected chi connectivity index (χ0v) is 35.5. The van der Waals surface area contributed by atoms with Gasteiger partial charge in [-0.15, -0.1) is 0 Å². The maximum Gasteiger partial charge on any atom is 0.343 e. The summed E-state index contributed by atoms with van der Waals surface area (Å²) >= 11 is 1.60. The Morgan fingerprint density at radius 1 is 0.763 bits per heavy atom. The van der Waals surface area contributed by atoms with E-state index in [0.29, 0.717) is 81.6 Å². The average molecular weight is 839 g/mol. The number of carbonyl (C=O) groups excluding carboxylic acids is 3. The van der Waals surface area contributed by atoms with Crippen LogP contribution in [0.3, 0.4) is 0 Å². The van der Waals surface area contributed by atoms with Crippen LogP contribution in [0.2, 0.25) is 0 Å². The molecule has 322 valence electrons. The molecule has 0 aliphatic carbocycles. The molecule has 0 aliphatic heterocycles. The number of hydrogen-bond acceptors (Lipinski definition) is 15. The van der Waals surface area contributed by atoms with Crippen LogP contribution in [0, 0.1) is 6.92 Å². The third-order valence-electron chi connectivity index (χ3n) is 8.75. The molecule has 0 heterocycles. The zero-order valence-electron chi connectivity index (χ0n) is 34.7. The van der Waals surface area contributed by atoms with Crippen molar-refractivity contribution >= 4 is 36.9 Å². The predicted octanol–water partition coefficient (Wildman–Crippen LogP) is 7.30. The molecule has 3 aromatic carbocycles. The van der Waals surface area contributed by atoms with Crippen LogP contribution in [-0.2, 0) is 38.0 Å². The van der Waals surface area contributed by atoms with Gasteiger partial charge in [0.2, 0.25) is 0 Å². The number of nitrogens with zero attached hydrogens (tertiary/aromatic N) is 1. The lowest BCUT2D eigenvalue weighted by atomic mass is 10.2. The van der Waals surface area contributed by atoms with Gasteiger partial charge in [-0.2, -0.15) is 5.10 Å². The maximum atomic E-state index is 13.4. The van der Waals surface area contributed by atoms with E-state index < -0.39 is 5.97 Å². The van der Waals surface area contributed by atoms with Crippen LogP contribution in [0.25, 0.3) is 0 Å². The van der Waals surface area contributed by atoms with Gasteiger partial charge in [0, 0.05) is 37.9 Å². The first-order chi connectivity index (χ1) is 28.8. The first kappa shape index (κ1) is 48.4. The minimum Gasteiger partial charge on any atom is -0.491 e. The molecule has 3 rings (SSSR count). The van der Waals surface area contributed by atoms with Crippen LogP contribution >= 0.6 is 11.8 Å². The van der Waals surface area contributed by atoms with Gasteiger partial charge < -0.3 is 42.6 Å². The van der Waals surface area contributed by atoms with E-state index in [1.807, 2.05) is 12.1 Å². The summed E-state index contributed by atoms with van der Waals surface area (Å²) in [5.41, 5.74) is 6.32. The van der Waals surface area contributed by atoms with Crippen LogP contribution in [0.5, 0.6) is 17.2 Å². The molecule has 14 nitrogen and oxygen atoms in total. The number of benzene rings is 3. The highest BCUT2D eigenvalue weighted by molar-refractivity contribution is 8.03. The average Bonchev–Trinajstić information content (AvgIpc) is 3.25. The van der Waals surface area contributed by atoms with E-state index in [9.17, 15) is 14.4 Å². The van der Waals surface area contributed by atoms with Crippen molar-refractivity contribution in [2.45, 2.75) is 70.0 Å². The summed E-state index contributed by atoms with van der Waals surface area (Å²) in [6, 6.07) is 19.9. The van der Waals surface area contributed by atoms with E-state index in [-0.39, 0.29) is 31.2 Å². The highest BCUT2D eigenvalue weighted by Crippen LogP contribution is 2.31. The number of allylic oxidation sites excluding steroid dienone is 1. The Labute approximate surface area is 351 Å². The molecule has 2 unspecified atom stereocenters. The molecule has 0 aliphatic rings. The van der Waals surface area contributed by atoms with Crippen molar-refractivity contribution in [3.05, 3.63) is 94.0 Å².